The zero-order valence-corrected chi connectivity index (χ0v) is 17.1. The Morgan fingerprint density at radius 2 is 2.07 bits per heavy atom. The van der Waals surface area contributed by atoms with Gasteiger partial charge in [-0.2, -0.15) is 0 Å². The molecule has 6 rings (SSSR count). The topological polar surface area (TPSA) is 66.1 Å². The number of aromatic amines is 1. The lowest BCUT2D eigenvalue weighted by Gasteiger charge is -2.45. The van der Waals surface area contributed by atoms with Crippen molar-refractivity contribution < 1.29 is 4.74 Å². The fraction of sp³-hybridized carbons (Fsp3) is 0.417. The largest absolute Gasteiger partial charge is 0.373 e. The third-order valence-electron chi connectivity index (χ3n) is 6.79. The van der Waals surface area contributed by atoms with Crippen LogP contribution in [0.3, 0.4) is 0 Å². The van der Waals surface area contributed by atoms with Crippen LogP contribution >= 0.6 is 0 Å². The smallest absolute Gasteiger partial charge is 0.143 e. The number of morpholine rings is 1. The number of anilines is 1. The Morgan fingerprint density at radius 1 is 1.17 bits per heavy atom. The second kappa shape index (κ2) is 7.13. The van der Waals surface area contributed by atoms with Crippen LogP contribution in [0.1, 0.15) is 48.0 Å². The van der Waals surface area contributed by atoms with Crippen LogP contribution < -0.4 is 5.32 Å². The molecule has 2 aliphatic carbocycles. The van der Waals surface area contributed by atoms with Crippen molar-refractivity contribution in [2.75, 3.05) is 25.1 Å². The van der Waals surface area contributed by atoms with Gasteiger partial charge in [0.1, 0.15) is 17.8 Å². The maximum Gasteiger partial charge on any atom is 0.143 e. The van der Waals surface area contributed by atoms with Gasteiger partial charge in [-0.05, 0) is 48.8 Å². The van der Waals surface area contributed by atoms with Gasteiger partial charge in [-0.1, -0.05) is 30.8 Å². The van der Waals surface area contributed by atoms with E-state index < -0.39 is 0 Å². The molecule has 2 atom stereocenters. The third kappa shape index (κ3) is 3.06. The van der Waals surface area contributed by atoms with E-state index in [2.05, 4.69) is 62.1 Å². The van der Waals surface area contributed by atoms with E-state index in [1.807, 2.05) is 0 Å². The monoisotopic (exact) mass is 401 g/mol. The number of hydrogen-bond acceptors (Lipinski definition) is 5. The Labute approximate surface area is 176 Å². The molecule has 154 valence electrons. The van der Waals surface area contributed by atoms with Gasteiger partial charge in [-0.25, -0.2) is 9.97 Å². The minimum Gasteiger partial charge on any atom is -0.373 e. The van der Waals surface area contributed by atoms with E-state index in [4.69, 9.17) is 4.74 Å². The molecule has 0 amide bonds. The number of hydrogen-bond donors (Lipinski definition) is 2. The fourth-order valence-electron chi connectivity index (χ4n) is 5.08. The summed E-state index contributed by atoms with van der Waals surface area (Å²) >= 11 is 0. The minimum atomic E-state index is 0.141. The van der Waals surface area contributed by atoms with Gasteiger partial charge in [-0.15, -0.1) is 0 Å². The highest BCUT2D eigenvalue weighted by molar-refractivity contribution is 5.88. The first-order valence-electron chi connectivity index (χ1n) is 11.0. The molecule has 6 heteroatoms. The zero-order chi connectivity index (χ0) is 20.1. The molecule has 2 N–H and O–H groups in total. The van der Waals surface area contributed by atoms with Crippen LogP contribution in [0.4, 0.5) is 5.82 Å². The first-order chi connectivity index (χ1) is 14.8. The van der Waals surface area contributed by atoms with Crippen molar-refractivity contribution in [3.63, 3.8) is 0 Å². The highest BCUT2D eigenvalue weighted by Crippen LogP contribution is 2.42. The number of ether oxygens (including phenoxy) is 1. The molecule has 1 aromatic carbocycles. The van der Waals surface area contributed by atoms with Crippen LogP contribution in [-0.2, 0) is 11.2 Å². The first-order valence-corrected chi connectivity index (χ1v) is 11.0. The standard InChI is InChI=1S/C24H27N5O/c1-15-13-30-11-10-29(15)21-9-8-16-4-2-3-5-18(16)22(21)28-24-19-12-20(17-6-7-17)27-23(19)25-14-26-24/h2-5,12,14,17,21-22H,1,6-11,13H2,(H2,25,26,27,28)/t21-,22-/m0/s1. The van der Waals surface area contributed by atoms with Gasteiger partial charge in [0.2, 0.25) is 0 Å². The zero-order valence-electron chi connectivity index (χ0n) is 17.1. The minimum absolute atomic E-state index is 0.141. The Hall–Kier alpha value is -2.86. The molecule has 6 nitrogen and oxygen atoms in total. The maximum atomic E-state index is 5.63. The van der Waals surface area contributed by atoms with Gasteiger partial charge < -0.3 is 19.9 Å². The lowest BCUT2D eigenvalue weighted by molar-refractivity contribution is 0.0463. The number of nitrogens with one attached hydrogen (secondary N) is 2. The summed E-state index contributed by atoms with van der Waals surface area (Å²) in [4.78, 5) is 15.1. The summed E-state index contributed by atoms with van der Waals surface area (Å²) in [5.41, 5.74) is 6.06. The van der Waals surface area contributed by atoms with E-state index in [1.165, 1.54) is 29.7 Å². The Morgan fingerprint density at radius 3 is 2.93 bits per heavy atom. The van der Waals surface area contributed by atoms with Gasteiger partial charge in [-0.3, -0.25) is 0 Å². The Kier molecular flexibility index (Phi) is 4.27. The summed E-state index contributed by atoms with van der Waals surface area (Å²) in [6.45, 7) is 6.55. The van der Waals surface area contributed by atoms with Crippen molar-refractivity contribution in [2.45, 2.75) is 43.7 Å². The number of benzene rings is 1. The normalized spacial score (nSPS) is 24.1. The summed E-state index contributed by atoms with van der Waals surface area (Å²) in [6.07, 6.45) is 6.36. The SMILES string of the molecule is C=C1COCCN1[C@H]1CCc2ccccc2[C@@H]1Nc1ncnc2[nH]c(C3CC3)cc12. The number of nitrogens with zero attached hydrogens (tertiary/aromatic N) is 3. The lowest BCUT2D eigenvalue weighted by Crippen LogP contribution is -2.48. The van der Waals surface area contributed by atoms with Crippen molar-refractivity contribution >= 4 is 16.9 Å². The van der Waals surface area contributed by atoms with E-state index in [0.29, 0.717) is 18.6 Å². The second-order valence-electron chi connectivity index (χ2n) is 8.72. The predicted octanol–water partition coefficient (Wildman–Crippen LogP) is 4.15. The highest BCUT2D eigenvalue weighted by Gasteiger charge is 2.36. The van der Waals surface area contributed by atoms with Crippen molar-refractivity contribution in [3.8, 4) is 0 Å². The molecule has 1 saturated heterocycles. The van der Waals surface area contributed by atoms with Crippen LogP contribution in [0.5, 0.6) is 0 Å². The van der Waals surface area contributed by atoms with E-state index in [0.717, 1.165) is 48.5 Å². The fourth-order valence-corrected chi connectivity index (χ4v) is 5.08. The van der Waals surface area contributed by atoms with Gasteiger partial charge in [0.25, 0.3) is 0 Å². The van der Waals surface area contributed by atoms with Crippen LogP contribution in [-0.4, -0.2) is 45.7 Å². The van der Waals surface area contributed by atoms with Crippen LogP contribution in [0.2, 0.25) is 0 Å². The molecule has 2 aromatic heterocycles. The molecule has 2 fully saturated rings. The Balaban J connectivity index is 1.40. The second-order valence-corrected chi connectivity index (χ2v) is 8.72. The summed E-state index contributed by atoms with van der Waals surface area (Å²) in [5.74, 6) is 1.57. The quantitative estimate of drug-likeness (QED) is 0.688. The molecule has 1 aliphatic heterocycles. The lowest BCUT2D eigenvalue weighted by atomic mass is 9.82. The first kappa shape index (κ1) is 18.0. The average Bonchev–Trinajstić information content (AvgIpc) is 3.53. The van der Waals surface area contributed by atoms with Crippen molar-refractivity contribution in [3.05, 3.63) is 65.8 Å². The molecular weight excluding hydrogens is 374 g/mol. The molecule has 30 heavy (non-hydrogen) atoms. The summed E-state index contributed by atoms with van der Waals surface area (Å²) in [6, 6.07) is 11.5. The molecule has 3 aromatic rings. The summed E-state index contributed by atoms with van der Waals surface area (Å²) < 4.78 is 5.63. The number of H-pyrrole nitrogens is 1. The van der Waals surface area contributed by atoms with Crippen LogP contribution in [0.25, 0.3) is 11.0 Å². The van der Waals surface area contributed by atoms with Gasteiger partial charge >= 0.3 is 0 Å². The van der Waals surface area contributed by atoms with E-state index in [9.17, 15) is 0 Å². The summed E-state index contributed by atoms with van der Waals surface area (Å²) in [7, 11) is 0. The van der Waals surface area contributed by atoms with Crippen LogP contribution in [0.15, 0.2) is 48.9 Å². The van der Waals surface area contributed by atoms with E-state index in [1.54, 1.807) is 6.33 Å². The van der Waals surface area contributed by atoms with Crippen molar-refractivity contribution in [1.29, 1.82) is 0 Å². The molecule has 0 radical (unpaired) electrons. The Bertz CT molecular complexity index is 1100. The molecule has 0 unspecified atom stereocenters. The van der Waals surface area contributed by atoms with Gasteiger partial charge in [0, 0.05) is 17.9 Å². The molecule has 3 heterocycles. The maximum absolute atomic E-state index is 5.63. The average molecular weight is 402 g/mol. The third-order valence-corrected chi connectivity index (χ3v) is 6.79. The number of aromatic nitrogens is 3. The van der Waals surface area contributed by atoms with Gasteiger partial charge in [0.15, 0.2) is 0 Å². The van der Waals surface area contributed by atoms with E-state index >= 15 is 0 Å². The van der Waals surface area contributed by atoms with Crippen molar-refractivity contribution in [2.24, 2.45) is 0 Å². The molecule has 0 bridgehead atoms. The highest BCUT2D eigenvalue weighted by atomic mass is 16.5. The summed E-state index contributed by atoms with van der Waals surface area (Å²) in [5, 5.41) is 4.91. The van der Waals surface area contributed by atoms with Gasteiger partial charge in [0.05, 0.1) is 30.7 Å². The number of fused-ring (bicyclic) bond motifs is 2. The number of aryl methyl sites for hydroxylation is 1. The van der Waals surface area contributed by atoms with Crippen molar-refractivity contribution in [1.82, 2.24) is 19.9 Å². The van der Waals surface area contributed by atoms with E-state index in [-0.39, 0.29) is 6.04 Å². The molecular formula is C24H27N5O. The predicted molar refractivity (Wildman–Crippen MR) is 117 cm³/mol. The molecule has 1 saturated carbocycles. The number of rotatable bonds is 4. The molecule has 0 spiro atoms. The van der Waals surface area contributed by atoms with Crippen LogP contribution in [0, 0.1) is 0 Å². The molecule has 3 aliphatic rings.